The summed E-state index contributed by atoms with van der Waals surface area (Å²) in [5.41, 5.74) is 1.33. The standard InChI is InChI=1S/C20H17NO6/c1-24-17-9-14(11-22)7-8-16(17)25-13-20(23)26-12-19-21-10-18(27-19)15-5-3-2-4-6-15/h2-11H,12-13H2,1H3. The largest absolute Gasteiger partial charge is 0.493 e. The van der Waals surface area contributed by atoms with E-state index in [1.54, 1.807) is 18.3 Å². The van der Waals surface area contributed by atoms with Gasteiger partial charge in [-0.25, -0.2) is 9.78 Å². The molecule has 3 rings (SSSR count). The van der Waals surface area contributed by atoms with Crippen LogP contribution in [0.15, 0.2) is 59.1 Å². The van der Waals surface area contributed by atoms with E-state index < -0.39 is 5.97 Å². The molecule has 3 aromatic rings. The number of benzene rings is 2. The molecule has 0 aliphatic rings. The molecular weight excluding hydrogens is 350 g/mol. The van der Waals surface area contributed by atoms with Gasteiger partial charge in [0.05, 0.1) is 13.3 Å². The van der Waals surface area contributed by atoms with E-state index in [1.807, 2.05) is 30.3 Å². The third-order valence-corrected chi connectivity index (χ3v) is 3.64. The SMILES string of the molecule is COc1cc(C=O)ccc1OCC(=O)OCc1ncc(-c2ccccc2)o1. The molecule has 0 N–H and O–H groups in total. The molecule has 138 valence electrons. The van der Waals surface area contributed by atoms with E-state index in [-0.39, 0.29) is 19.1 Å². The van der Waals surface area contributed by atoms with Crippen molar-refractivity contribution in [1.82, 2.24) is 4.98 Å². The van der Waals surface area contributed by atoms with E-state index in [1.165, 1.54) is 13.2 Å². The van der Waals surface area contributed by atoms with Crippen LogP contribution in [0.5, 0.6) is 11.5 Å². The molecule has 0 bridgehead atoms. The summed E-state index contributed by atoms with van der Waals surface area (Å²) >= 11 is 0. The zero-order chi connectivity index (χ0) is 19.1. The number of rotatable bonds is 8. The van der Waals surface area contributed by atoms with Gasteiger partial charge in [0.15, 0.2) is 30.5 Å². The fourth-order valence-corrected chi connectivity index (χ4v) is 2.31. The van der Waals surface area contributed by atoms with E-state index in [4.69, 9.17) is 18.6 Å². The molecule has 2 aromatic carbocycles. The van der Waals surface area contributed by atoms with Crippen LogP contribution in [0.4, 0.5) is 0 Å². The van der Waals surface area contributed by atoms with Crippen molar-refractivity contribution in [2.45, 2.75) is 6.61 Å². The molecule has 7 nitrogen and oxygen atoms in total. The number of oxazole rings is 1. The van der Waals surface area contributed by atoms with Crippen LogP contribution in [-0.4, -0.2) is 31.0 Å². The van der Waals surface area contributed by atoms with Gasteiger partial charge in [0.1, 0.15) is 6.29 Å². The molecule has 0 unspecified atom stereocenters. The molecule has 0 fully saturated rings. The normalized spacial score (nSPS) is 10.3. The van der Waals surface area contributed by atoms with Crippen LogP contribution in [0.25, 0.3) is 11.3 Å². The first-order valence-corrected chi connectivity index (χ1v) is 8.11. The molecule has 0 atom stereocenters. The molecule has 0 spiro atoms. The Morgan fingerprint density at radius 2 is 1.96 bits per heavy atom. The molecule has 7 heteroatoms. The van der Waals surface area contributed by atoms with Gasteiger partial charge in [-0.3, -0.25) is 4.79 Å². The summed E-state index contributed by atoms with van der Waals surface area (Å²) in [6.45, 7) is -0.417. The van der Waals surface area contributed by atoms with Gasteiger partial charge in [-0.2, -0.15) is 0 Å². The van der Waals surface area contributed by atoms with Crippen molar-refractivity contribution < 1.29 is 28.2 Å². The monoisotopic (exact) mass is 367 g/mol. The summed E-state index contributed by atoms with van der Waals surface area (Å²) in [5, 5.41) is 0. The molecule has 0 saturated heterocycles. The van der Waals surface area contributed by atoms with E-state index in [2.05, 4.69) is 4.98 Å². The highest BCUT2D eigenvalue weighted by atomic mass is 16.6. The molecule has 1 aromatic heterocycles. The molecule has 0 saturated carbocycles. The van der Waals surface area contributed by atoms with Crippen molar-refractivity contribution in [3.63, 3.8) is 0 Å². The third-order valence-electron chi connectivity index (χ3n) is 3.64. The first kappa shape index (κ1) is 18.2. The number of carbonyl (C=O) groups excluding carboxylic acids is 2. The summed E-state index contributed by atoms with van der Waals surface area (Å²) < 4.78 is 21.2. The zero-order valence-corrected chi connectivity index (χ0v) is 14.6. The van der Waals surface area contributed by atoms with Crippen molar-refractivity contribution in [2.24, 2.45) is 0 Å². The number of esters is 1. The lowest BCUT2D eigenvalue weighted by Gasteiger charge is -2.10. The Balaban J connectivity index is 1.52. The second kappa shape index (κ2) is 8.66. The molecule has 0 aliphatic heterocycles. The van der Waals surface area contributed by atoms with E-state index in [0.29, 0.717) is 29.1 Å². The second-order valence-electron chi connectivity index (χ2n) is 5.46. The Kier molecular flexibility index (Phi) is 5.84. The quantitative estimate of drug-likeness (QED) is 0.446. The highest BCUT2D eigenvalue weighted by Crippen LogP contribution is 2.27. The van der Waals surface area contributed by atoms with E-state index in [9.17, 15) is 9.59 Å². The van der Waals surface area contributed by atoms with Crippen LogP contribution in [0, 0.1) is 0 Å². The Hall–Kier alpha value is -3.61. The van der Waals surface area contributed by atoms with Gasteiger partial charge < -0.3 is 18.6 Å². The van der Waals surface area contributed by atoms with Crippen molar-refractivity contribution in [2.75, 3.05) is 13.7 Å². The van der Waals surface area contributed by atoms with E-state index >= 15 is 0 Å². The first-order valence-electron chi connectivity index (χ1n) is 8.11. The molecular formula is C20H17NO6. The van der Waals surface area contributed by atoms with Gasteiger partial charge in [-0.1, -0.05) is 30.3 Å². The molecule has 0 amide bonds. The van der Waals surface area contributed by atoms with Crippen molar-refractivity contribution in [3.05, 3.63) is 66.2 Å². The molecule has 0 aliphatic carbocycles. The maximum Gasteiger partial charge on any atom is 0.344 e. The third kappa shape index (κ3) is 4.72. The molecule has 27 heavy (non-hydrogen) atoms. The Labute approximate surface area is 155 Å². The average molecular weight is 367 g/mol. The highest BCUT2D eigenvalue weighted by Gasteiger charge is 2.12. The van der Waals surface area contributed by atoms with Gasteiger partial charge in [0.2, 0.25) is 5.89 Å². The average Bonchev–Trinajstić information content (AvgIpc) is 3.20. The smallest absolute Gasteiger partial charge is 0.344 e. The number of ether oxygens (including phenoxy) is 3. The minimum Gasteiger partial charge on any atom is -0.493 e. The Morgan fingerprint density at radius 3 is 2.70 bits per heavy atom. The zero-order valence-electron chi connectivity index (χ0n) is 14.6. The van der Waals surface area contributed by atoms with Crippen molar-refractivity contribution >= 4 is 12.3 Å². The van der Waals surface area contributed by atoms with Gasteiger partial charge in [-0.05, 0) is 18.2 Å². The van der Waals surface area contributed by atoms with Crippen LogP contribution in [0.1, 0.15) is 16.2 Å². The minimum absolute atomic E-state index is 0.101. The fraction of sp³-hybridized carbons (Fsp3) is 0.150. The Bertz CT molecular complexity index is 919. The van der Waals surface area contributed by atoms with Crippen molar-refractivity contribution in [1.29, 1.82) is 0 Å². The van der Waals surface area contributed by atoms with Gasteiger partial charge in [0, 0.05) is 11.1 Å². The Morgan fingerprint density at radius 1 is 1.15 bits per heavy atom. The minimum atomic E-state index is -0.587. The highest BCUT2D eigenvalue weighted by molar-refractivity contribution is 5.76. The number of methoxy groups -OCH3 is 1. The summed E-state index contributed by atoms with van der Waals surface area (Å²) in [4.78, 5) is 26.7. The predicted molar refractivity (Wildman–Crippen MR) is 95.6 cm³/mol. The summed E-state index contributed by atoms with van der Waals surface area (Å²) in [7, 11) is 1.45. The fourth-order valence-electron chi connectivity index (χ4n) is 2.31. The van der Waals surface area contributed by atoms with Gasteiger partial charge >= 0.3 is 5.97 Å². The maximum absolute atomic E-state index is 11.9. The lowest BCUT2D eigenvalue weighted by molar-refractivity contribution is -0.148. The summed E-state index contributed by atoms with van der Waals surface area (Å²) in [6, 6.07) is 14.1. The number of aromatic nitrogens is 1. The topological polar surface area (TPSA) is 87.9 Å². The number of hydrogen-bond donors (Lipinski definition) is 0. The number of hydrogen-bond acceptors (Lipinski definition) is 7. The van der Waals surface area contributed by atoms with E-state index in [0.717, 1.165) is 5.56 Å². The van der Waals surface area contributed by atoms with Crippen LogP contribution >= 0.6 is 0 Å². The van der Waals surface area contributed by atoms with Crippen LogP contribution in [0.2, 0.25) is 0 Å². The lowest BCUT2D eigenvalue weighted by atomic mass is 10.2. The number of nitrogens with zero attached hydrogens (tertiary/aromatic N) is 1. The second-order valence-corrected chi connectivity index (χ2v) is 5.46. The predicted octanol–water partition coefficient (Wildman–Crippen LogP) is 3.28. The van der Waals surface area contributed by atoms with Crippen LogP contribution in [-0.2, 0) is 16.1 Å². The number of aldehydes is 1. The maximum atomic E-state index is 11.9. The van der Waals surface area contributed by atoms with Crippen LogP contribution in [0.3, 0.4) is 0 Å². The molecule has 0 radical (unpaired) electrons. The van der Waals surface area contributed by atoms with Gasteiger partial charge in [-0.15, -0.1) is 0 Å². The van der Waals surface area contributed by atoms with Gasteiger partial charge in [0.25, 0.3) is 0 Å². The summed E-state index contributed by atoms with van der Waals surface area (Å²) in [6.07, 6.45) is 2.27. The molecule has 1 heterocycles. The lowest BCUT2D eigenvalue weighted by Crippen LogP contribution is -2.15. The number of carbonyl (C=O) groups is 2. The summed E-state index contributed by atoms with van der Waals surface area (Å²) in [5.74, 6) is 0.985. The van der Waals surface area contributed by atoms with Crippen LogP contribution < -0.4 is 9.47 Å². The van der Waals surface area contributed by atoms with Crippen molar-refractivity contribution in [3.8, 4) is 22.8 Å². The first-order chi connectivity index (χ1) is 13.2.